The Bertz CT molecular complexity index is 492. The highest BCUT2D eigenvalue weighted by Gasteiger charge is 2.25. The molecule has 1 aliphatic heterocycles. The van der Waals surface area contributed by atoms with Crippen molar-refractivity contribution in [1.29, 1.82) is 5.41 Å². The van der Waals surface area contributed by atoms with E-state index >= 15 is 0 Å². The first-order valence-corrected chi connectivity index (χ1v) is 7.94. The number of nitrogens with zero attached hydrogens (tertiary/aromatic N) is 1. The number of amidine groups is 1. The van der Waals surface area contributed by atoms with Gasteiger partial charge in [-0.25, -0.2) is 0 Å². The van der Waals surface area contributed by atoms with Crippen LogP contribution in [0.5, 0.6) is 5.75 Å². The van der Waals surface area contributed by atoms with Gasteiger partial charge >= 0.3 is 0 Å². The van der Waals surface area contributed by atoms with Crippen molar-refractivity contribution in [3.05, 3.63) is 29.3 Å². The number of methoxy groups -OCH3 is 1. The number of nitrogens with two attached hydrogens (primary N) is 1. The Hall–Kier alpha value is -1.20. The van der Waals surface area contributed by atoms with E-state index in [1.54, 1.807) is 7.11 Å². The topological polar surface area (TPSA) is 62.3 Å². The van der Waals surface area contributed by atoms with Crippen molar-refractivity contribution in [2.45, 2.75) is 31.7 Å². The summed E-state index contributed by atoms with van der Waals surface area (Å²) in [6.45, 7) is 6.58. The fraction of sp³-hybridized carbons (Fsp3) is 0.533. The fourth-order valence-electron chi connectivity index (χ4n) is 2.52. The summed E-state index contributed by atoms with van der Waals surface area (Å²) in [5.41, 5.74) is 7.49. The van der Waals surface area contributed by atoms with E-state index in [2.05, 4.69) is 24.8 Å². The van der Waals surface area contributed by atoms with Gasteiger partial charge in [-0.05, 0) is 24.6 Å². The lowest BCUT2D eigenvalue weighted by Crippen LogP contribution is -2.43. The van der Waals surface area contributed by atoms with Crippen molar-refractivity contribution >= 4 is 17.6 Å². The lowest BCUT2D eigenvalue weighted by molar-refractivity contribution is 0.204. The van der Waals surface area contributed by atoms with Gasteiger partial charge in [0.05, 0.1) is 12.7 Å². The van der Waals surface area contributed by atoms with Crippen LogP contribution in [-0.2, 0) is 6.54 Å². The molecule has 0 amide bonds. The highest BCUT2D eigenvalue weighted by atomic mass is 32.2. The minimum absolute atomic E-state index is 0.0549. The van der Waals surface area contributed by atoms with Gasteiger partial charge < -0.3 is 10.5 Å². The summed E-state index contributed by atoms with van der Waals surface area (Å²) in [5.74, 6) is 1.90. The minimum atomic E-state index is 0.0549. The normalized spacial score (nSPS) is 23.6. The number of ether oxygens (including phenoxy) is 1. The number of benzene rings is 1. The number of thioether (sulfide) groups is 1. The second kappa shape index (κ2) is 6.50. The van der Waals surface area contributed by atoms with Gasteiger partial charge in [0.1, 0.15) is 11.6 Å². The molecule has 0 saturated carbocycles. The zero-order valence-electron chi connectivity index (χ0n) is 12.3. The predicted octanol–water partition coefficient (Wildman–Crippen LogP) is 2.31. The molecule has 5 heteroatoms. The predicted molar refractivity (Wildman–Crippen MR) is 85.8 cm³/mol. The van der Waals surface area contributed by atoms with Crippen LogP contribution in [0.2, 0.25) is 0 Å². The second-order valence-corrected chi connectivity index (χ2v) is 6.72. The Morgan fingerprint density at radius 2 is 2.25 bits per heavy atom. The van der Waals surface area contributed by atoms with Gasteiger partial charge in [-0.1, -0.05) is 13.0 Å². The summed E-state index contributed by atoms with van der Waals surface area (Å²) in [5, 5.41) is 8.31. The Labute approximate surface area is 125 Å². The van der Waals surface area contributed by atoms with Crippen molar-refractivity contribution in [3.8, 4) is 5.75 Å². The first-order valence-electron chi connectivity index (χ1n) is 6.90. The van der Waals surface area contributed by atoms with Gasteiger partial charge in [-0.3, -0.25) is 10.3 Å². The van der Waals surface area contributed by atoms with Crippen molar-refractivity contribution in [1.82, 2.24) is 4.90 Å². The van der Waals surface area contributed by atoms with E-state index in [0.717, 1.165) is 13.1 Å². The molecule has 0 spiro atoms. The van der Waals surface area contributed by atoms with Crippen LogP contribution in [0.3, 0.4) is 0 Å². The quantitative estimate of drug-likeness (QED) is 0.660. The molecule has 1 aromatic carbocycles. The van der Waals surface area contributed by atoms with Crippen molar-refractivity contribution in [2.75, 3.05) is 19.4 Å². The van der Waals surface area contributed by atoms with Crippen LogP contribution < -0.4 is 10.5 Å². The van der Waals surface area contributed by atoms with E-state index in [4.69, 9.17) is 15.9 Å². The summed E-state index contributed by atoms with van der Waals surface area (Å²) in [4.78, 5) is 2.49. The Kier molecular flexibility index (Phi) is 4.94. The Balaban J connectivity index is 2.17. The van der Waals surface area contributed by atoms with E-state index in [0.29, 0.717) is 22.6 Å². The van der Waals surface area contributed by atoms with Gasteiger partial charge in [-0.15, -0.1) is 0 Å². The first kappa shape index (κ1) is 15.2. The van der Waals surface area contributed by atoms with Gasteiger partial charge in [0.15, 0.2) is 0 Å². The Morgan fingerprint density at radius 1 is 1.50 bits per heavy atom. The largest absolute Gasteiger partial charge is 0.496 e. The first-order chi connectivity index (χ1) is 9.52. The molecule has 0 radical (unpaired) electrons. The Morgan fingerprint density at radius 3 is 2.90 bits per heavy atom. The molecule has 1 aromatic rings. The number of rotatable bonds is 4. The highest BCUT2D eigenvalue weighted by molar-refractivity contribution is 8.00. The van der Waals surface area contributed by atoms with Gasteiger partial charge in [0.2, 0.25) is 0 Å². The van der Waals surface area contributed by atoms with Crippen LogP contribution in [0.15, 0.2) is 18.2 Å². The maximum Gasteiger partial charge on any atom is 0.129 e. The molecule has 2 rings (SSSR count). The van der Waals surface area contributed by atoms with Crippen LogP contribution in [0, 0.1) is 5.41 Å². The third-order valence-electron chi connectivity index (χ3n) is 3.95. The lowest BCUT2D eigenvalue weighted by Gasteiger charge is -2.37. The van der Waals surface area contributed by atoms with Crippen molar-refractivity contribution in [3.63, 3.8) is 0 Å². The van der Waals surface area contributed by atoms with E-state index in [9.17, 15) is 0 Å². The summed E-state index contributed by atoms with van der Waals surface area (Å²) in [6.07, 6.45) is 0. The van der Waals surface area contributed by atoms with Crippen molar-refractivity contribution in [2.24, 2.45) is 5.73 Å². The lowest BCUT2D eigenvalue weighted by atomic mass is 10.1. The molecule has 0 bridgehead atoms. The molecule has 110 valence electrons. The van der Waals surface area contributed by atoms with Gasteiger partial charge in [-0.2, -0.15) is 11.8 Å². The van der Waals surface area contributed by atoms with Gasteiger partial charge in [0, 0.05) is 30.1 Å². The molecule has 2 atom stereocenters. The smallest absolute Gasteiger partial charge is 0.129 e. The summed E-state index contributed by atoms with van der Waals surface area (Å²) < 4.78 is 5.25. The SMILES string of the molecule is COc1ccc(CN2CCSC(C)C2C)cc1C(=N)N. The molecule has 20 heavy (non-hydrogen) atoms. The van der Waals surface area contributed by atoms with E-state index in [1.165, 1.54) is 11.3 Å². The molecule has 1 fully saturated rings. The number of nitrogens with one attached hydrogen (secondary N) is 1. The van der Waals surface area contributed by atoms with E-state index in [1.807, 2.05) is 23.9 Å². The molecule has 4 nitrogen and oxygen atoms in total. The summed E-state index contributed by atoms with van der Waals surface area (Å²) in [6, 6.07) is 6.50. The molecule has 0 aliphatic carbocycles. The van der Waals surface area contributed by atoms with E-state index in [-0.39, 0.29) is 5.84 Å². The standard InChI is InChI=1S/C15H23N3OS/c1-10-11(2)20-7-6-18(10)9-12-4-5-14(19-3)13(8-12)15(16)17/h4-5,8,10-11H,6-7,9H2,1-3H3,(H3,16,17). The monoisotopic (exact) mass is 293 g/mol. The molecular weight excluding hydrogens is 270 g/mol. The molecule has 1 aliphatic rings. The zero-order chi connectivity index (χ0) is 14.7. The average Bonchev–Trinajstić information content (AvgIpc) is 2.43. The fourth-order valence-corrected chi connectivity index (χ4v) is 3.68. The number of hydrogen-bond acceptors (Lipinski definition) is 4. The number of nitrogen functional groups attached to an aromatic ring is 1. The van der Waals surface area contributed by atoms with Crippen LogP contribution in [-0.4, -0.2) is 41.4 Å². The second-order valence-electron chi connectivity index (χ2n) is 5.24. The maximum atomic E-state index is 7.65. The van der Waals surface area contributed by atoms with Crippen LogP contribution in [0.4, 0.5) is 0 Å². The third kappa shape index (κ3) is 3.27. The minimum Gasteiger partial charge on any atom is -0.496 e. The molecule has 1 saturated heterocycles. The molecule has 1 heterocycles. The van der Waals surface area contributed by atoms with Gasteiger partial charge in [0.25, 0.3) is 0 Å². The molecule has 0 aromatic heterocycles. The van der Waals surface area contributed by atoms with Crippen LogP contribution in [0.25, 0.3) is 0 Å². The van der Waals surface area contributed by atoms with E-state index < -0.39 is 0 Å². The third-order valence-corrected chi connectivity index (χ3v) is 5.29. The van der Waals surface area contributed by atoms with Crippen molar-refractivity contribution < 1.29 is 4.74 Å². The molecular formula is C15H23N3OS. The summed E-state index contributed by atoms with van der Waals surface area (Å²) in [7, 11) is 1.60. The number of hydrogen-bond donors (Lipinski definition) is 2. The zero-order valence-corrected chi connectivity index (χ0v) is 13.2. The van der Waals surface area contributed by atoms with Crippen LogP contribution in [0.1, 0.15) is 25.0 Å². The van der Waals surface area contributed by atoms with Crippen LogP contribution >= 0.6 is 11.8 Å². The highest BCUT2D eigenvalue weighted by Crippen LogP contribution is 2.27. The summed E-state index contributed by atoms with van der Waals surface area (Å²) >= 11 is 2.04. The molecule has 2 unspecified atom stereocenters. The average molecular weight is 293 g/mol. The maximum absolute atomic E-state index is 7.65. The molecule has 3 N–H and O–H groups in total.